The third kappa shape index (κ3) is 9.86. The van der Waals surface area contributed by atoms with E-state index in [-0.39, 0.29) is 66.8 Å². The van der Waals surface area contributed by atoms with Crippen molar-refractivity contribution in [2.24, 2.45) is 64.4 Å². The molecule has 1 spiro atoms. The predicted molar refractivity (Wildman–Crippen MR) is 246 cm³/mol. The summed E-state index contributed by atoms with van der Waals surface area (Å²) < 4.78 is 13.1. The van der Waals surface area contributed by atoms with Crippen LogP contribution in [0.2, 0.25) is 0 Å². The number of piperidine rings is 2. The standard InChI is InChI=1S/C51H84N6O6/c1-5-54-42-24-36-12-8-11-35-10-6-7-20-49(3,25-34-17-18-43(52)56-28-34)26-37-13-9-14-40-45(37)47(60)51(48(61)62-30-38(42)23-41(35)36)50(63-51,46(40)59)27-39(29-58)32(2)15-16-33-19-21-55-44(22-33)57-31-53-4/h8,12,33-38,40-45,53-58H,5-7,9-11,13-31,52H2,1-4H3. The van der Waals surface area contributed by atoms with Crippen LogP contribution in [0.4, 0.5) is 0 Å². The highest BCUT2D eigenvalue weighted by molar-refractivity contribution is 6.23. The van der Waals surface area contributed by atoms with Gasteiger partial charge < -0.3 is 41.6 Å². The second kappa shape index (κ2) is 20.5. The van der Waals surface area contributed by atoms with Gasteiger partial charge >= 0.3 is 5.97 Å². The van der Waals surface area contributed by atoms with Crippen molar-refractivity contribution < 1.29 is 29.0 Å². The van der Waals surface area contributed by atoms with Crippen molar-refractivity contribution in [3.63, 3.8) is 0 Å². The lowest BCUT2D eigenvalue weighted by molar-refractivity contribution is -0.162. The summed E-state index contributed by atoms with van der Waals surface area (Å²) in [5.74, 6) is 0.672. The van der Waals surface area contributed by atoms with Gasteiger partial charge in [-0.15, -0.1) is 0 Å². The molecular weight excluding hydrogens is 793 g/mol. The molecule has 0 aromatic rings. The Bertz CT molecular complexity index is 1680. The number of hydrogen-bond donors (Lipinski definition) is 7. The first-order valence-corrected chi connectivity index (χ1v) is 25.7. The molecule has 0 aromatic carbocycles. The fourth-order valence-electron chi connectivity index (χ4n) is 14.6. The summed E-state index contributed by atoms with van der Waals surface area (Å²) in [5.41, 5.74) is 4.39. The summed E-state index contributed by atoms with van der Waals surface area (Å²) in [4.78, 5) is 46.1. The highest BCUT2D eigenvalue weighted by Gasteiger charge is 2.87. The normalized spacial score (nSPS) is 43.6. The Hall–Kier alpha value is -2.03. The van der Waals surface area contributed by atoms with Crippen molar-refractivity contribution >= 4 is 17.5 Å². The number of aliphatic hydroxyl groups excluding tert-OH is 1. The fraction of sp³-hybridized carbons (Fsp3) is 0.863. The maximum Gasteiger partial charge on any atom is 0.350 e. The average Bonchev–Trinajstić information content (AvgIpc) is 3.99. The minimum Gasteiger partial charge on any atom is -0.463 e. The molecule has 7 fully saturated rings. The number of ether oxygens (including phenoxy) is 2. The van der Waals surface area contributed by atoms with Crippen molar-refractivity contribution in [2.45, 2.75) is 172 Å². The molecule has 3 saturated carbocycles. The van der Waals surface area contributed by atoms with Crippen LogP contribution in [0.1, 0.15) is 143 Å². The zero-order valence-electron chi connectivity index (χ0n) is 39.3. The number of carbonyl (C=O) groups excluding carboxylic acids is 3. The van der Waals surface area contributed by atoms with Gasteiger partial charge in [0.25, 0.3) is 5.60 Å². The van der Waals surface area contributed by atoms with Crippen LogP contribution in [0.5, 0.6) is 0 Å². The Kier molecular flexibility index (Phi) is 15.4. The number of Topliss-reactive ketones (excluding diaryl/α,β-unsaturated/α-hetero) is 2. The molecule has 12 nitrogen and oxygen atoms in total. The van der Waals surface area contributed by atoms with E-state index in [2.05, 4.69) is 52.6 Å². The van der Waals surface area contributed by atoms with Crippen molar-refractivity contribution in [3.8, 4) is 0 Å². The molecule has 4 heterocycles. The van der Waals surface area contributed by atoms with Crippen LogP contribution < -0.4 is 32.3 Å². The van der Waals surface area contributed by atoms with Crippen LogP contribution in [0.25, 0.3) is 0 Å². The van der Waals surface area contributed by atoms with Crippen molar-refractivity contribution in [1.82, 2.24) is 26.6 Å². The number of esters is 1. The molecule has 0 radical (unpaired) electrons. The van der Waals surface area contributed by atoms with Crippen LogP contribution in [0.3, 0.4) is 0 Å². The second-order valence-corrected chi connectivity index (χ2v) is 22.2. The van der Waals surface area contributed by atoms with Crippen LogP contribution in [0, 0.1) is 58.7 Å². The van der Waals surface area contributed by atoms with Crippen molar-refractivity contribution in [3.05, 3.63) is 23.3 Å². The minimum atomic E-state index is -1.97. The Morgan fingerprint density at radius 3 is 2.57 bits per heavy atom. The van der Waals surface area contributed by atoms with Gasteiger partial charge in [0.1, 0.15) is 0 Å². The number of cyclic esters (lactones) is 1. The molecule has 8 rings (SSSR count). The number of epoxide rings is 1. The van der Waals surface area contributed by atoms with Gasteiger partial charge in [-0.05, 0) is 176 Å². The quantitative estimate of drug-likeness (QED) is 0.0399. The van der Waals surface area contributed by atoms with Gasteiger partial charge in [-0.1, -0.05) is 50.8 Å². The molecule has 0 amide bonds. The van der Waals surface area contributed by atoms with Gasteiger partial charge in [-0.2, -0.15) is 0 Å². The summed E-state index contributed by atoms with van der Waals surface area (Å²) in [6.07, 6.45) is 23.2. The summed E-state index contributed by atoms with van der Waals surface area (Å²) in [6.45, 7) is 10.0. The van der Waals surface area contributed by atoms with Crippen LogP contribution in [0.15, 0.2) is 23.3 Å². The lowest BCUT2D eigenvalue weighted by Crippen LogP contribution is -2.60. The number of allylic oxidation sites excluding steroid dienone is 3. The first-order valence-electron chi connectivity index (χ1n) is 25.7. The minimum absolute atomic E-state index is 0.0147. The van der Waals surface area contributed by atoms with Gasteiger partial charge in [0.15, 0.2) is 17.2 Å². The monoisotopic (exact) mass is 877 g/mol. The Labute approximate surface area is 378 Å². The van der Waals surface area contributed by atoms with E-state index in [0.717, 1.165) is 128 Å². The smallest absolute Gasteiger partial charge is 0.350 e. The zero-order valence-corrected chi connectivity index (χ0v) is 39.3. The largest absolute Gasteiger partial charge is 0.463 e. The maximum absolute atomic E-state index is 15.6. The lowest BCUT2D eigenvalue weighted by Gasteiger charge is -2.46. The van der Waals surface area contributed by atoms with E-state index in [1.807, 2.05) is 14.0 Å². The molecule has 15 atom stereocenters. The van der Waals surface area contributed by atoms with Crippen molar-refractivity contribution in [2.75, 3.05) is 46.6 Å². The number of aliphatic hydroxyl groups is 1. The number of nitrogens with two attached hydrogens (primary N) is 1. The van der Waals surface area contributed by atoms with Crippen LogP contribution in [-0.4, -0.2) is 98.8 Å². The molecular formula is C51H84N6O6. The Morgan fingerprint density at radius 1 is 0.952 bits per heavy atom. The first-order chi connectivity index (χ1) is 30.4. The van der Waals surface area contributed by atoms with Crippen molar-refractivity contribution in [1.29, 1.82) is 0 Å². The van der Waals surface area contributed by atoms with E-state index in [0.29, 0.717) is 41.6 Å². The Balaban J connectivity index is 1.10. The van der Waals surface area contributed by atoms with Gasteiger partial charge in [0.05, 0.1) is 25.5 Å². The molecule has 15 unspecified atom stereocenters. The SMILES string of the molecule is CCNC1CC2C=CCC3CCCCC(C)(CC4CCC(N)NC4)CC4CCCC5C(=O)C6(CC(CO)=C(C)CCC7CCNC(NCNC)C7)OC6(C(=O)OCC1CC23)C(=O)C45. The number of hydrogen-bond acceptors (Lipinski definition) is 12. The van der Waals surface area contributed by atoms with E-state index < -0.39 is 29.0 Å². The molecule has 354 valence electrons. The highest BCUT2D eigenvalue weighted by Crippen LogP contribution is 2.64. The van der Waals surface area contributed by atoms with Crippen LogP contribution in [-0.2, 0) is 23.9 Å². The van der Waals surface area contributed by atoms with Gasteiger partial charge in [-0.3, -0.25) is 14.9 Å². The number of nitrogens with one attached hydrogen (secondary N) is 5. The van der Waals surface area contributed by atoms with E-state index >= 15 is 14.4 Å². The maximum atomic E-state index is 15.6. The van der Waals surface area contributed by atoms with E-state index in [1.54, 1.807) is 0 Å². The van der Waals surface area contributed by atoms with Gasteiger partial charge in [0.2, 0.25) is 0 Å². The lowest BCUT2D eigenvalue weighted by atomic mass is 9.55. The van der Waals surface area contributed by atoms with Gasteiger partial charge in [0, 0.05) is 36.9 Å². The van der Waals surface area contributed by atoms with Gasteiger partial charge in [-0.25, -0.2) is 4.79 Å². The molecule has 0 aromatic heterocycles. The zero-order chi connectivity index (χ0) is 44.4. The van der Waals surface area contributed by atoms with E-state index in [1.165, 1.54) is 12.8 Å². The van der Waals surface area contributed by atoms with E-state index in [4.69, 9.17) is 15.2 Å². The summed E-state index contributed by atoms with van der Waals surface area (Å²) >= 11 is 0. The number of rotatable bonds is 13. The molecule has 4 bridgehead atoms. The summed E-state index contributed by atoms with van der Waals surface area (Å²) in [7, 11) is 1.94. The topological polar surface area (TPSA) is 179 Å². The number of carbonyl (C=O) groups is 3. The molecule has 12 heteroatoms. The number of ketones is 2. The molecule has 8 aliphatic rings. The summed E-state index contributed by atoms with van der Waals surface area (Å²) in [6, 6.07) is 0.193. The highest BCUT2D eigenvalue weighted by atomic mass is 16.7. The fourth-order valence-corrected chi connectivity index (χ4v) is 14.6. The Morgan fingerprint density at radius 2 is 1.79 bits per heavy atom. The molecule has 4 aliphatic carbocycles. The number of fused-ring (bicyclic) bond motifs is 1. The van der Waals surface area contributed by atoms with E-state index in [9.17, 15) is 5.11 Å². The first kappa shape index (κ1) is 47.5. The predicted octanol–water partition coefficient (Wildman–Crippen LogP) is 5.63. The molecule has 63 heavy (non-hydrogen) atoms. The molecule has 8 N–H and O–H groups in total. The third-order valence-corrected chi connectivity index (χ3v) is 18.0. The second-order valence-electron chi connectivity index (χ2n) is 22.2. The molecule has 4 aliphatic heterocycles. The molecule has 4 saturated heterocycles. The summed E-state index contributed by atoms with van der Waals surface area (Å²) in [5, 5.41) is 28.5. The average molecular weight is 877 g/mol. The third-order valence-electron chi connectivity index (χ3n) is 18.0. The van der Waals surface area contributed by atoms with Crippen LogP contribution >= 0.6 is 0 Å².